The molecule has 0 spiro atoms. The quantitative estimate of drug-likeness (QED) is 0.802. The third-order valence-corrected chi connectivity index (χ3v) is 3.03. The van der Waals surface area contributed by atoms with E-state index in [4.69, 9.17) is 10.6 Å². The highest BCUT2D eigenvalue weighted by molar-refractivity contribution is 5.44. The zero-order valence-corrected chi connectivity index (χ0v) is 8.93. The molecule has 0 atom stereocenters. The van der Waals surface area contributed by atoms with E-state index in [1.54, 1.807) is 0 Å². The normalized spacial score (nSPS) is 17.2. The lowest BCUT2D eigenvalue weighted by molar-refractivity contribution is 0.115. The topological polar surface area (TPSA) is 44.5 Å². The van der Waals surface area contributed by atoms with Crippen LogP contribution in [0.1, 0.15) is 18.4 Å². The van der Waals surface area contributed by atoms with Crippen LogP contribution in [-0.2, 0) is 10.3 Å². The highest BCUT2D eigenvalue weighted by Crippen LogP contribution is 2.51. The van der Waals surface area contributed by atoms with E-state index in [0.29, 0.717) is 11.3 Å². The molecule has 1 aliphatic carbocycles. The molecule has 0 radical (unpaired) electrons. The van der Waals surface area contributed by atoms with Crippen molar-refractivity contribution in [2.75, 3.05) is 13.7 Å². The highest BCUT2D eigenvalue weighted by Gasteiger charge is 2.47. The molecule has 1 aliphatic rings. The number of halogens is 2. The smallest absolute Gasteiger partial charge is 0.162 e. The van der Waals surface area contributed by atoms with Gasteiger partial charge >= 0.3 is 0 Å². The van der Waals surface area contributed by atoms with E-state index in [1.807, 2.05) is 0 Å². The van der Waals surface area contributed by atoms with Gasteiger partial charge in [-0.05, 0) is 18.9 Å². The summed E-state index contributed by atoms with van der Waals surface area (Å²) in [4.78, 5) is 4.62. The molecular weight excluding hydrogens is 216 g/mol. The van der Waals surface area contributed by atoms with Crippen LogP contribution in [0.15, 0.2) is 12.1 Å². The van der Waals surface area contributed by atoms with Crippen molar-refractivity contribution < 1.29 is 18.4 Å². The molecule has 16 heavy (non-hydrogen) atoms. The van der Waals surface area contributed by atoms with Gasteiger partial charge in [0.25, 0.3) is 0 Å². The van der Waals surface area contributed by atoms with Gasteiger partial charge in [0.1, 0.15) is 5.75 Å². The predicted octanol–water partition coefficient (Wildman–Crippen LogP) is 1.90. The van der Waals surface area contributed by atoms with Crippen LogP contribution in [0.3, 0.4) is 0 Å². The molecule has 0 heterocycles. The summed E-state index contributed by atoms with van der Waals surface area (Å²) in [7, 11) is 1.43. The molecule has 2 N–H and O–H groups in total. The summed E-state index contributed by atoms with van der Waals surface area (Å²) in [6.07, 6.45) is 1.68. The van der Waals surface area contributed by atoms with E-state index < -0.39 is 11.6 Å². The zero-order valence-electron chi connectivity index (χ0n) is 8.93. The maximum atomic E-state index is 13.2. The fraction of sp³-hybridized carbons (Fsp3) is 0.455. The number of hydrogen-bond donors (Lipinski definition) is 1. The fourth-order valence-corrected chi connectivity index (χ4v) is 1.91. The van der Waals surface area contributed by atoms with Gasteiger partial charge in [-0.3, -0.25) is 0 Å². The Kier molecular flexibility index (Phi) is 2.82. The van der Waals surface area contributed by atoms with Crippen LogP contribution < -0.4 is 10.6 Å². The SMILES string of the molecule is COc1cc(F)c(F)cc1C1(CON)CC1. The Morgan fingerprint density at radius 2 is 1.94 bits per heavy atom. The summed E-state index contributed by atoms with van der Waals surface area (Å²) in [5.74, 6) is 3.60. The van der Waals surface area contributed by atoms with E-state index in [9.17, 15) is 8.78 Å². The molecule has 1 fully saturated rings. The summed E-state index contributed by atoms with van der Waals surface area (Å²) in [6.45, 7) is 0.286. The van der Waals surface area contributed by atoms with Gasteiger partial charge in [0, 0.05) is 17.0 Å². The molecule has 0 bridgehead atoms. The van der Waals surface area contributed by atoms with Crippen molar-refractivity contribution >= 4 is 0 Å². The molecule has 0 unspecified atom stereocenters. The van der Waals surface area contributed by atoms with Crippen LogP contribution in [0, 0.1) is 11.6 Å². The predicted molar refractivity (Wildman–Crippen MR) is 54.0 cm³/mol. The van der Waals surface area contributed by atoms with Crippen molar-refractivity contribution in [1.29, 1.82) is 0 Å². The van der Waals surface area contributed by atoms with Crippen LogP contribution in [0.5, 0.6) is 5.75 Å². The van der Waals surface area contributed by atoms with Crippen LogP contribution in [0.2, 0.25) is 0 Å². The monoisotopic (exact) mass is 229 g/mol. The minimum absolute atomic E-state index is 0.286. The van der Waals surface area contributed by atoms with E-state index >= 15 is 0 Å². The molecule has 1 aromatic carbocycles. The summed E-state index contributed by atoms with van der Waals surface area (Å²) in [5.41, 5.74) is 0.314. The molecule has 5 heteroatoms. The maximum absolute atomic E-state index is 13.2. The molecule has 0 aliphatic heterocycles. The molecule has 3 nitrogen and oxygen atoms in total. The van der Waals surface area contributed by atoms with E-state index in [-0.39, 0.29) is 12.0 Å². The number of methoxy groups -OCH3 is 1. The first-order chi connectivity index (χ1) is 7.63. The van der Waals surface area contributed by atoms with Crippen molar-refractivity contribution in [3.63, 3.8) is 0 Å². The lowest BCUT2D eigenvalue weighted by Crippen LogP contribution is -2.19. The third kappa shape index (κ3) is 1.76. The lowest BCUT2D eigenvalue weighted by atomic mass is 9.95. The highest BCUT2D eigenvalue weighted by atomic mass is 19.2. The second-order valence-electron chi connectivity index (χ2n) is 4.06. The Hall–Kier alpha value is -1.20. The van der Waals surface area contributed by atoms with E-state index in [1.165, 1.54) is 13.2 Å². The van der Waals surface area contributed by atoms with Crippen LogP contribution in [0.25, 0.3) is 0 Å². The number of ether oxygens (including phenoxy) is 1. The first-order valence-electron chi connectivity index (χ1n) is 4.98. The standard InChI is InChI=1S/C11H13F2NO2/c1-15-10-5-9(13)8(12)4-7(10)11(2-3-11)6-16-14/h4-5H,2-3,6,14H2,1H3. The Balaban J connectivity index is 2.43. The molecule has 2 rings (SSSR count). The minimum Gasteiger partial charge on any atom is -0.496 e. The molecule has 0 saturated heterocycles. The van der Waals surface area contributed by atoms with Gasteiger partial charge in [-0.2, -0.15) is 0 Å². The van der Waals surface area contributed by atoms with E-state index in [2.05, 4.69) is 4.84 Å². The minimum atomic E-state index is -0.912. The number of rotatable bonds is 4. The summed E-state index contributed by atoms with van der Waals surface area (Å²) < 4.78 is 31.3. The van der Waals surface area contributed by atoms with Crippen molar-refractivity contribution in [2.24, 2.45) is 5.90 Å². The van der Waals surface area contributed by atoms with Crippen molar-refractivity contribution in [2.45, 2.75) is 18.3 Å². The lowest BCUT2D eigenvalue weighted by Gasteiger charge is -2.17. The fourth-order valence-electron chi connectivity index (χ4n) is 1.91. The molecule has 1 aromatic rings. The van der Waals surface area contributed by atoms with Crippen LogP contribution >= 0.6 is 0 Å². The molecule has 1 saturated carbocycles. The zero-order chi connectivity index (χ0) is 11.8. The van der Waals surface area contributed by atoms with Crippen molar-refractivity contribution in [3.8, 4) is 5.75 Å². The van der Waals surface area contributed by atoms with E-state index in [0.717, 1.165) is 18.9 Å². The second-order valence-corrected chi connectivity index (χ2v) is 4.06. The van der Waals surface area contributed by atoms with Gasteiger partial charge in [-0.25, -0.2) is 14.7 Å². The number of nitrogens with two attached hydrogens (primary N) is 1. The Labute approximate surface area is 92.1 Å². The van der Waals surface area contributed by atoms with Gasteiger partial charge < -0.3 is 9.57 Å². The third-order valence-electron chi connectivity index (χ3n) is 3.03. The Morgan fingerprint density at radius 1 is 1.31 bits per heavy atom. The average Bonchev–Trinajstić information content (AvgIpc) is 3.03. The van der Waals surface area contributed by atoms with Gasteiger partial charge in [-0.1, -0.05) is 0 Å². The molecule has 0 amide bonds. The first kappa shape index (κ1) is 11.3. The van der Waals surface area contributed by atoms with Crippen molar-refractivity contribution in [1.82, 2.24) is 0 Å². The number of hydrogen-bond acceptors (Lipinski definition) is 3. The number of benzene rings is 1. The Morgan fingerprint density at radius 3 is 2.44 bits per heavy atom. The average molecular weight is 229 g/mol. The second kappa shape index (κ2) is 3.99. The summed E-state index contributed by atoms with van der Waals surface area (Å²) >= 11 is 0. The summed E-state index contributed by atoms with van der Waals surface area (Å²) in [5, 5.41) is 0. The summed E-state index contributed by atoms with van der Waals surface area (Å²) in [6, 6.07) is 2.22. The maximum Gasteiger partial charge on any atom is 0.162 e. The van der Waals surface area contributed by atoms with Gasteiger partial charge in [-0.15, -0.1) is 0 Å². The molecular formula is C11H13F2NO2. The first-order valence-corrected chi connectivity index (χ1v) is 4.98. The van der Waals surface area contributed by atoms with Crippen LogP contribution in [-0.4, -0.2) is 13.7 Å². The van der Waals surface area contributed by atoms with Gasteiger partial charge in [0.2, 0.25) is 0 Å². The van der Waals surface area contributed by atoms with Gasteiger partial charge in [0.15, 0.2) is 11.6 Å². The van der Waals surface area contributed by atoms with Crippen LogP contribution in [0.4, 0.5) is 8.78 Å². The van der Waals surface area contributed by atoms with Crippen molar-refractivity contribution in [3.05, 3.63) is 29.3 Å². The molecule has 88 valence electrons. The molecule has 0 aromatic heterocycles. The largest absolute Gasteiger partial charge is 0.496 e. The Bertz CT molecular complexity index is 405. The van der Waals surface area contributed by atoms with Gasteiger partial charge in [0.05, 0.1) is 13.7 Å².